The van der Waals surface area contributed by atoms with Crippen LogP contribution in [0.5, 0.6) is 5.75 Å². The molecule has 1 aliphatic rings. The average Bonchev–Trinajstić information content (AvgIpc) is 3.04. The first-order valence-electron chi connectivity index (χ1n) is 11.2. The van der Waals surface area contributed by atoms with E-state index in [2.05, 4.69) is 5.32 Å². The van der Waals surface area contributed by atoms with Gasteiger partial charge in [0.15, 0.2) is 0 Å². The quantitative estimate of drug-likeness (QED) is 0.472. The van der Waals surface area contributed by atoms with Gasteiger partial charge in [0.05, 0.1) is 17.9 Å². The topological polar surface area (TPSA) is 58.6 Å². The van der Waals surface area contributed by atoms with E-state index in [0.29, 0.717) is 34.9 Å². The van der Waals surface area contributed by atoms with Crippen molar-refractivity contribution >= 4 is 28.8 Å². The Morgan fingerprint density at radius 2 is 1.61 bits per heavy atom. The number of carbonyl (C=O) groups is 2. The number of anilines is 2. The van der Waals surface area contributed by atoms with Gasteiger partial charge in [-0.3, -0.25) is 9.59 Å². The smallest absolute Gasteiger partial charge is 0.282 e. The molecule has 0 bridgehead atoms. The van der Waals surface area contributed by atoms with Crippen molar-refractivity contribution in [2.45, 2.75) is 34.1 Å². The summed E-state index contributed by atoms with van der Waals surface area (Å²) in [5.74, 6) is 0.00330. The third-order valence-electron chi connectivity index (χ3n) is 5.81. The van der Waals surface area contributed by atoms with Crippen molar-refractivity contribution in [2.24, 2.45) is 0 Å². The summed E-state index contributed by atoms with van der Waals surface area (Å²) in [7, 11) is 0. The number of hydrogen-bond donors (Lipinski definition) is 1. The number of imide groups is 1. The van der Waals surface area contributed by atoms with Gasteiger partial charge in [-0.15, -0.1) is 0 Å². The van der Waals surface area contributed by atoms with Crippen LogP contribution in [0.3, 0.4) is 0 Å². The van der Waals surface area contributed by atoms with E-state index < -0.39 is 0 Å². The van der Waals surface area contributed by atoms with Crippen LogP contribution >= 0.6 is 0 Å². The van der Waals surface area contributed by atoms with Crippen LogP contribution < -0.4 is 15.0 Å². The number of nitrogens with zero attached hydrogens (tertiary/aromatic N) is 1. The molecule has 2 amide bonds. The molecule has 0 atom stereocenters. The number of ether oxygens (including phenoxy) is 1. The Hall–Kier alpha value is -3.86. The van der Waals surface area contributed by atoms with Crippen LogP contribution in [-0.4, -0.2) is 18.4 Å². The third kappa shape index (κ3) is 4.40. The molecule has 1 heterocycles. The predicted molar refractivity (Wildman–Crippen MR) is 132 cm³/mol. The highest BCUT2D eigenvalue weighted by Gasteiger charge is 2.40. The van der Waals surface area contributed by atoms with E-state index in [1.165, 1.54) is 4.90 Å². The first-order valence-corrected chi connectivity index (χ1v) is 11.2. The Kier molecular flexibility index (Phi) is 6.31. The van der Waals surface area contributed by atoms with E-state index in [-0.39, 0.29) is 17.5 Å². The van der Waals surface area contributed by atoms with Crippen LogP contribution in [0.2, 0.25) is 0 Å². The van der Waals surface area contributed by atoms with Gasteiger partial charge in [-0.05, 0) is 67.6 Å². The van der Waals surface area contributed by atoms with Gasteiger partial charge in [-0.25, -0.2) is 4.90 Å². The Labute approximate surface area is 194 Å². The predicted octanol–water partition coefficient (Wildman–Crippen LogP) is 5.80. The number of para-hydroxylation sites is 1. The van der Waals surface area contributed by atoms with Gasteiger partial charge in [0.1, 0.15) is 11.4 Å². The van der Waals surface area contributed by atoms with Gasteiger partial charge >= 0.3 is 0 Å². The van der Waals surface area contributed by atoms with Crippen molar-refractivity contribution in [3.8, 4) is 5.75 Å². The second-order valence-electron chi connectivity index (χ2n) is 8.28. The number of nitrogens with one attached hydrogen (secondary N) is 1. The highest BCUT2D eigenvalue weighted by Crippen LogP contribution is 2.35. The van der Waals surface area contributed by atoms with E-state index in [1.807, 2.05) is 88.4 Å². The Morgan fingerprint density at radius 1 is 0.818 bits per heavy atom. The zero-order chi connectivity index (χ0) is 23.5. The number of hydrogen-bond acceptors (Lipinski definition) is 4. The molecule has 5 heteroatoms. The number of benzene rings is 3. The summed E-state index contributed by atoms with van der Waals surface area (Å²) in [6.07, 6.45) is 0.901. The van der Waals surface area contributed by atoms with Crippen molar-refractivity contribution in [1.82, 2.24) is 0 Å². The lowest BCUT2D eigenvalue weighted by Gasteiger charge is -2.17. The van der Waals surface area contributed by atoms with Gasteiger partial charge in [0.2, 0.25) is 0 Å². The molecule has 1 N–H and O–H groups in total. The zero-order valence-electron chi connectivity index (χ0n) is 19.4. The molecule has 1 aliphatic heterocycles. The van der Waals surface area contributed by atoms with Gasteiger partial charge in [0.25, 0.3) is 11.8 Å². The van der Waals surface area contributed by atoms with Crippen LogP contribution in [-0.2, 0) is 9.59 Å². The summed E-state index contributed by atoms with van der Waals surface area (Å²) in [6.45, 7) is 8.58. The summed E-state index contributed by atoms with van der Waals surface area (Å²) in [5.41, 5.74) is 5.66. The highest BCUT2D eigenvalue weighted by atomic mass is 16.5. The molecule has 0 aromatic heterocycles. The molecule has 33 heavy (non-hydrogen) atoms. The summed E-state index contributed by atoms with van der Waals surface area (Å²) in [4.78, 5) is 28.5. The van der Waals surface area contributed by atoms with Crippen LogP contribution in [0, 0.1) is 20.8 Å². The van der Waals surface area contributed by atoms with Crippen molar-refractivity contribution in [2.75, 3.05) is 16.8 Å². The Balaban J connectivity index is 1.80. The van der Waals surface area contributed by atoms with Crippen molar-refractivity contribution in [1.29, 1.82) is 0 Å². The fraction of sp³-hybridized carbons (Fsp3) is 0.214. The Bertz CT molecular complexity index is 1260. The molecule has 0 unspecified atom stereocenters. The molecule has 3 aromatic rings. The molecule has 5 nitrogen and oxygen atoms in total. The maximum absolute atomic E-state index is 13.7. The molecule has 0 fully saturated rings. The summed E-state index contributed by atoms with van der Waals surface area (Å²) in [5, 5.41) is 3.23. The normalized spacial score (nSPS) is 13.6. The molecule has 168 valence electrons. The summed E-state index contributed by atoms with van der Waals surface area (Å²) < 4.78 is 5.74. The maximum Gasteiger partial charge on any atom is 0.282 e. The fourth-order valence-corrected chi connectivity index (χ4v) is 3.87. The monoisotopic (exact) mass is 440 g/mol. The van der Waals surface area contributed by atoms with Crippen molar-refractivity contribution < 1.29 is 14.3 Å². The van der Waals surface area contributed by atoms with E-state index in [0.717, 1.165) is 23.1 Å². The molecule has 3 aromatic carbocycles. The second-order valence-corrected chi connectivity index (χ2v) is 8.28. The van der Waals surface area contributed by atoms with Gasteiger partial charge < -0.3 is 10.1 Å². The Morgan fingerprint density at radius 3 is 2.33 bits per heavy atom. The molecule has 4 rings (SSSR count). The lowest BCUT2D eigenvalue weighted by molar-refractivity contribution is -0.120. The van der Waals surface area contributed by atoms with Gasteiger partial charge in [-0.1, -0.05) is 49.4 Å². The van der Waals surface area contributed by atoms with Crippen LogP contribution in [0.4, 0.5) is 11.4 Å². The van der Waals surface area contributed by atoms with Crippen molar-refractivity contribution in [3.63, 3.8) is 0 Å². The lowest BCUT2D eigenvalue weighted by Crippen LogP contribution is -2.33. The summed E-state index contributed by atoms with van der Waals surface area (Å²) in [6, 6.07) is 20.7. The standard InChI is InChI=1S/C28H28N2O3/c1-5-15-33-23-11-8-10-22(17-23)29-26-25(21-14-13-18(2)20(4)16-21)27(31)30(28(26)32)24-12-7-6-9-19(24)3/h6-14,16-17,29H,5,15H2,1-4H3. The molecular weight excluding hydrogens is 412 g/mol. The van der Waals surface area contributed by atoms with Crippen LogP contribution in [0.15, 0.2) is 72.4 Å². The molecule has 0 saturated heterocycles. The molecule has 0 aliphatic carbocycles. The number of rotatable bonds is 7. The third-order valence-corrected chi connectivity index (χ3v) is 5.81. The minimum atomic E-state index is -0.373. The number of aryl methyl sites for hydroxylation is 3. The first kappa shape index (κ1) is 22.3. The van der Waals surface area contributed by atoms with Gasteiger partial charge in [0, 0.05) is 11.8 Å². The first-order chi connectivity index (χ1) is 15.9. The molecule has 0 radical (unpaired) electrons. The molecule has 0 saturated carbocycles. The second kappa shape index (κ2) is 9.33. The average molecular weight is 441 g/mol. The largest absolute Gasteiger partial charge is 0.494 e. The van der Waals surface area contributed by atoms with Crippen molar-refractivity contribution in [3.05, 3.63) is 94.7 Å². The van der Waals surface area contributed by atoms with E-state index >= 15 is 0 Å². The van der Waals surface area contributed by atoms with Crippen LogP contribution in [0.1, 0.15) is 35.6 Å². The van der Waals surface area contributed by atoms with E-state index in [1.54, 1.807) is 6.07 Å². The van der Waals surface area contributed by atoms with Crippen LogP contribution in [0.25, 0.3) is 5.57 Å². The maximum atomic E-state index is 13.7. The van der Waals surface area contributed by atoms with E-state index in [9.17, 15) is 9.59 Å². The number of carbonyl (C=O) groups excluding carboxylic acids is 2. The zero-order valence-corrected chi connectivity index (χ0v) is 19.4. The molecule has 0 spiro atoms. The van der Waals surface area contributed by atoms with Gasteiger partial charge in [-0.2, -0.15) is 0 Å². The van der Waals surface area contributed by atoms with E-state index in [4.69, 9.17) is 4.74 Å². The highest BCUT2D eigenvalue weighted by molar-refractivity contribution is 6.46. The lowest BCUT2D eigenvalue weighted by atomic mass is 9.99. The summed E-state index contributed by atoms with van der Waals surface area (Å²) >= 11 is 0. The number of amides is 2. The fourth-order valence-electron chi connectivity index (χ4n) is 3.87. The molecular formula is C28H28N2O3. The minimum absolute atomic E-state index is 0.263. The SMILES string of the molecule is CCCOc1cccc(NC2=C(c3ccc(C)c(C)c3)C(=O)N(c3ccccc3C)C2=O)c1. The minimum Gasteiger partial charge on any atom is -0.494 e.